The molecule has 0 nitrogen and oxygen atoms in total. The Morgan fingerprint density at radius 1 is 0.900 bits per heavy atom. The molecule has 0 saturated carbocycles. The van der Waals surface area contributed by atoms with E-state index in [1.54, 1.807) is 0 Å². The molecule has 0 fully saturated rings. The number of hydrogen-bond acceptors (Lipinski definition) is 0. The van der Waals surface area contributed by atoms with Gasteiger partial charge in [-0.2, -0.15) is 0 Å². The van der Waals surface area contributed by atoms with E-state index < -0.39 is 33.0 Å². The van der Waals surface area contributed by atoms with Crippen molar-refractivity contribution in [3.63, 3.8) is 0 Å². The van der Waals surface area contributed by atoms with E-state index in [-0.39, 0.29) is 0 Å². The van der Waals surface area contributed by atoms with Crippen molar-refractivity contribution in [2.45, 2.75) is 6.05 Å². The van der Waals surface area contributed by atoms with Crippen LogP contribution in [0, 0.1) is 0 Å². The first-order valence-electron chi connectivity index (χ1n) is 2.59. The molecule has 0 aromatic carbocycles. The molecular weight excluding hydrogens is 171 g/mol. The maximum Gasteiger partial charge on any atom is 0.235 e. The third kappa shape index (κ3) is 1.68. The molecule has 0 atom stereocenters. The van der Waals surface area contributed by atoms with E-state index in [2.05, 4.69) is 0 Å². The van der Waals surface area contributed by atoms with E-state index >= 15 is 0 Å². The van der Waals surface area contributed by atoms with E-state index in [1.165, 1.54) is 0 Å². The second kappa shape index (κ2) is 3.90. The van der Waals surface area contributed by atoms with Crippen LogP contribution in [0.3, 0.4) is 0 Å². The summed E-state index contributed by atoms with van der Waals surface area (Å²) in [5, 5.41) is 0. The molecule has 0 spiro atoms. The molecule has 0 radical (unpaired) electrons. The molecule has 0 saturated heterocycles. The van der Waals surface area contributed by atoms with Crippen molar-refractivity contribution >= 4 is 8.07 Å². The second-order valence-corrected chi connectivity index (χ2v) is 6.03. The third-order valence-corrected chi connectivity index (χ3v) is 3.78. The fraction of sp³-hybridized carbons (Fsp3) is 1.00. The van der Waals surface area contributed by atoms with Crippen LogP contribution in [-0.2, 0) is 0 Å². The summed E-state index contributed by atoms with van der Waals surface area (Å²) in [4.78, 5) is 0. The summed E-state index contributed by atoms with van der Waals surface area (Å²) in [5.74, 6) is 0. The van der Waals surface area contributed by atoms with Crippen molar-refractivity contribution in [2.24, 2.45) is 0 Å². The summed E-state index contributed by atoms with van der Waals surface area (Å²) in [5.41, 5.74) is 0. The van der Waals surface area contributed by atoms with Gasteiger partial charge in [-0.1, -0.05) is 0 Å². The van der Waals surface area contributed by atoms with Gasteiger partial charge in [0, 0.05) is 0 Å². The van der Waals surface area contributed by atoms with Gasteiger partial charge in [-0.3, -0.25) is 13.2 Å². The van der Waals surface area contributed by atoms with Crippen LogP contribution in [-0.4, -0.2) is 33.0 Å². The van der Waals surface area contributed by atoms with E-state index in [0.29, 0.717) is 0 Å². The summed E-state index contributed by atoms with van der Waals surface area (Å²) in [7, 11) is -4.13. The molecule has 0 aromatic rings. The Morgan fingerprint density at radius 2 is 1.20 bits per heavy atom. The molecule has 0 aliphatic heterocycles. The highest BCUT2D eigenvalue weighted by Crippen LogP contribution is 2.15. The van der Waals surface area contributed by atoms with Crippen LogP contribution in [0.5, 0.6) is 0 Å². The fourth-order valence-electron chi connectivity index (χ4n) is 0.282. The molecule has 0 aliphatic carbocycles. The van der Waals surface area contributed by atoms with Crippen molar-refractivity contribution in [1.82, 2.24) is 0 Å². The van der Waals surface area contributed by atoms with Crippen LogP contribution < -0.4 is 0 Å². The van der Waals surface area contributed by atoms with Crippen molar-refractivity contribution < 1.29 is 22.0 Å². The molecule has 62 valence electrons. The minimum Gasteiger partial charge on any atom is -0.254 e. The molecule has 0 aliphatic rings. The van der Waals surface area contributed by atoms with Gasteiger partial charge in [0.1, 0.15) is 0 Å². The lowest BCUT2D eigenvalue weighted by atomic mass is 11.6. The summed E-state index contributed by atoms with van der Waals surface area (Å²) < 4.78 is 58.4. The summed E-state index contributed by atoms with van der Waals surface area (Å²) in [6.45, 7) is 0. The van der Waals surface area contributed by atoms with Gasteiger partial charge in [0.05, 0.1) is 18.9 Å². The van der Waals surface area contributed by atoms with Gasteiger partial charge in [0.15, 0.2) is 0 Å². The molecule has 0 N–H and O–H groups in total. The maximum absolute atomic E-state index is 11.7. The zero-order valence-corrected chi connectivity index (χ0v) is 6.09. The molecule has 0 heterocycles. The van der Waals surface area contributed by atoms with Gasteiger partial charge >= 0.3 is 0 Å². The molecule has 0 unspecified atom stereocenters. The van der Waals surface area contributed by atoms with Gasteiger partial charge in [-0.25, -0.2) is 8.78 Å². The van der Waals surface area contributed by atoms with Crippen LogP contribution in [0.15, 0.2) is 0 Å². The zero-order valence-electron chi connectivity index (χ0n) is 5.09. The highest BCUT2D eigenvalue weighted by Gasteiger charge is 2.44. The van der Waals surface area contributed by atoms with Gasteiger partial charge < -0.3 is 0 Å². The van der Waals surface area contributed by atoms with Crippen molar-refractivity contribution in [1.29, 1.82) is 0 Å². The highest BCUT2D eigenvalue weighted by atomic mass is 28.3. The molecule has 0 rings (SSSR count). The first-order valence-corrected chi connectivity index (χ1v) is 5.29. The quantitative estimate of drug-likeness (QED) is 0.454. The summed E-state index contributed by atoms with van der Waals surface area (Å²) in [6.07, 6.45) is -4.59. The Kier molecular flexibility index (Phi) is 3.84. The SMILES string of the molecule is FC[Si](CF)(CF)C(F)F. The maximum atomic E-state index is 11.7. The van der Waals surface area contributed by atoms with Crippen LogP contribution in [0.2, 0.25) is 0 Å². The standard InChI is InChI=1S/C4H7F5Si/c5-1-10(2-6,3-7)4(8)9/h4H,1-3H2. The molecule has 0 aromatic heterocycles. The molecule has 10 heavy (non-hydrogen) atoms. The number of rotatable bonds is 4. The topological polar surface area (TPSA) is 0 Å². The first kappa shape index (κ1) is 9.87. The van der Waals surface area contributed by atoms with E-state index in [1.807, 2.05) is 0 Å². The molecule has 0 amide bonds. The lowest BCUT2D eigenvalue weighted by Gasteiger charge is -2.18. The Labute approximate surface area is 56.0 Å². The van der Waals surface area contributed by atoms with Crippen LogP contribution in [0.1, 0.15) is 0 Å². The molecular formula is C4H7F5Si. The summed E-state index contributed by atoms with van der Waals surface area (Å²) >= 11 is 0. The monoisotopic (exact) mass is 178 g/mol. The minimum absolute atomic E-state index is 1.53. The van der Waals surface area contributed by atoms with Crippen LogP contribution >= 0.6 is 0 Å². The molecule has 0 bridgehead atoms. The lowest BCUT2D eigenvalue weighted by Crippen LogP contribution is -2.51. The first-order chi connectivity index (χ1) is 4.63. The minimum atomic E-state index is -4.13. The van der Waals surface area contributed by atoms with Crippen molar-refractivity contribution in [3.05, 3.63) is 0 Å². The Bertz CT molecular complexity index is 83.4. The van der Waals surface area contributed by atoms with Crippen LogP contribution in [0.25, 0.3) is 0 Å². The predicted octanol–water partition coefficient (Wildman–Crippen LogP) is 1.77. The Morgan fingerprint density at radius 3 is 1.20 bits per heavy atom. The fourth-order valence-corrected chi connectivity index (χ4v) is 0.846. The number of alkyl halides is 5. The predicted molar refractivity (Wildman–Crippen MR) is 29.7 cm³/mol. The second-order valence-electron chi connectivity index (χ2n) is 2.06. The van der Waals surface area contributed by atoms with Crippen molar-refractivity contribution in [3.8, 4) is 0 Å². The molecule has 6 heteroatoms. The lowest BCUT2D eigenvalue weighted by molar-refractivity contribution is 0.212. The van der Waals surface area contributed by atoms with Crippen molar-refractivity contribution in [2.75, 3.05) is 18.9 Å². The van der Waals surface area contributed by atoms with Crippen LogP contribution in [0.4, 0.5) is 22.0 Å². The van der Waals surface area contributed by atoms with Gasteiger partial charge in [0.2, 0.25) is 14.1 Å². The smallest absolute Gasteiger partial charge is 0.235 e. The Balaban J connectivity index is 4.15. The zero-order chi connectivity index (χ0) is 8.20. The van der Waals surface area contributed by atoms with E-state index in [9.17, 15) is 22.0 Å². The Hall–Kier alpha value is -0.133. The average Bonchev–Trinajstić information content (AvgIpc) is 1.92. The van der Waals surface area contributed by atoms with E-state index in [4.69, 9.17) is 0 Å². The largest absolute Gasteiger partial charge is 0.254 e. The number of halogens is 5. The van der Waals surface area contributed by atoms with E-state index in [0.717, 1.165) is 0 Å². The van der Waals surface area contributed by atoms with Gasteiger partial charge in [-0.05, 0) is 0 Å². The normalized spacial score (nSPS) is 12.6. The van der Waals surface area contributed by atoms with Gasteiger partial charge in [0.25, 0.3) is 0 Å². The number of hydrogen-bond donors (Lipinski definition) is 0. The van der Waals surface area contributed by atoms with Gasteiger partial charge in [-0.15, -0.1) is 0 Å². The highest BCUT2D eigenvalue weighted by molar-refractivity contribution is 6.80. The average molecular weight is 178 g/mol. The summed E-state index contributed by atoms with van der Waals surface area (Å²) in [6, 6.07) is -3.15. The third-order valence-electron chi connectivity index (χ3n) is 1.26.